The lowest BCUT2D eigenvalue weighted by atomic mass is 9.95. The average molecular weight is 369 g/mol. The van der Waals surface area contributed by atoms with Gasteiger partial charge in [0.25, 0.3) is 0 Å². The minimum Gasteiger partial charge on any atom is -0.332 e. The highest BCUT2D eigenvalue weighted by Gasteiger charge is 2.21. The van der Waals surface area contributed by atoms with Gasteiger partial charge in [-0.1, -0.05) is 32.9 Å². The summed E-state index contributed by atoms with van der Waals surface area (Å²) in [6, 6.07) is 13.7. The summed E-state index contributed by atoms with van der Waals surface area (Å²) in [5.41, 5.74) is 2.79. The van der Waals surface area contributed by atoms with Gasteiger partial charge in [0.2, 0.25) is 5.91 Å². The number of hydrogen-bond donors (Lipinski definition) is 2. The number of rotatable bonds is 4. The number of nitrogens with zero attached hydrogens (tertiary/aromatic N) is 1. The highest BCUT2D eigenvalue weighted by molar-refractivity contribution is 7.14. The Morgan fingerprint density at radius 3 is 2.50 bits per heavy atom. The Bertz CT molecular complexity index is 913. The molecule has 0 saturated heterocycles. The summed E-state index contributed by atoms with van der Waals surface area (Å²) >= 11 is 1.46. The predicted octanol–water partition coefficient (Wildman–Crippen LogP) is 5.68. The first-order chi connectivity index (χ1) is 12.3. The van der Waals surface area contributed by atoms with Gasteiger partial charge in [-0.05, 0) is 36.4 Å². The van der Waals surface area contributed by atoms with Crippen LogP contribution in [0.5, 0.6) is 0 Å². The molecule has 0 aliphatic heterocycles. The number of carbonyl (C=O) groups is 1. The molecular weight excluding hydrogens is 349 g/mol. The summed E-state index contributed by atoms with van der Waals surface area (Å²) in [4.78, 5) is 16.7. The third-order valence-corrected chi connectivity index (χ3v) is 4.45. The zero-order valence-corrected chi connectivity index (χ0v) is 15.7. The molecule has 3 aromatic rings. The smallest absolute Gasteiger partial charge is 0.229 e. The molecule has 1 aromatic heterocycles. The number of benzene rings is 2. The molecule has 0 bridgehead atoms. The summed E-state index contributed by atoms with van der Waals surface area (Å²) < 4.78 is 13.0. The van der Waals surface area contributed by atoms with Gasteiger partial charge in [-0.25, -0.2) is 9.37 Å². The number of amides is 1. The van der Waals surface area contributed by atoms with Crippen molar-refractivity contribution in [2.24, 2.45) is 5.41 Å². The molecule has 0 atom stereocenters. The lowest BCUT2D eigenvalue weighted by Gasteiger charge is -2.17. The topological polar surface area (TPSA) is 54.0 Å². The van der Waals surface area contributed by atoms with Gasteiger partial charge in [0, 0.05) is 27.7 Å². The van der Waals surface area contributed by atoms with Crippen molar-refractivity contribution in [1.82, 2.24) is 4.98 Å². The molecule has 2 aromatic carbocycles. The van der Waals surface area contributed by atoms with Crippen molar-refractivity contribution >= 4 is 33.8 Å². The lowest BCUT2D eigenvalue weighted by Crippen LogP contribution is -2.27. The van der Waals surface area contributed by atoms with Crippen molar-refractivity contribution in [2.75, 3.05) is 10.6 Å². The van der Waals surface area contributed by atoms with E-state index in [1.807, 2.05) is 50.4 Å². The van der Waals surface area contributed by atoms with Gasteiger partial charge >= 0.3 is 0 Å². The maximum atomic E-state index is 13.0. The number of halogens is 1. The van der Waals surface area contributed by atoms with Crippen LogP contribution < -0.4 is 10.6 Å². The molecule has 0 unspecified atom stereocenters. The molecule has 0 saturated carbocycles. The van der Waals surface area contributed by atoms with Gasteiger partial charge in [-0.3, -0.25) is 4.79 Å². The van der Waals surface area contributed by atoms with Crippen LogP contribution in [0.25, 0.3) is 11.3 Å². The van der Waals surface area contributed by atoms with Crippen LogP contribution in [-0.2, 0) is 4.79 Å². The first kappa shape index (κ1) is 18.1. The predicted molar refractivity (Wildman–Crippen MR) is 105 cm³/mol. The van der Waals surface area contributed by atoms with Crippen LogP contribution in [0.2, 0.25) is 0 Å². The summed E-state index contributed by atoms with van der Waals surface area (Å²) in [5, 5.41) is 8.75. The average Bonchev–Trinajstić information content (AvgIpc) is 3.05. The monoisotopic (exact) mass is 369 g/mol. The molecule has 1 amide bonds. The standard InChI is InChI=1S/C20H20FN3OS/c1-20(2,3)18(25)22-16-6-4-5-13(11-16)17-12-26-19(24-17)23-15-9-7-14(21)8-10-15/h4-12H,1-3H3,(H,22,25)(H,23,24). The van der Waals surface area contributed by atoms with E-state index < -0.39 is 5.41 Å². The van der Waals surface area contributed by atoms with Gasteiger partial charge < -0.3 is 10.6 Å². The van der Waals surface area contributed by atoms with Crippen molar-refractivity contribution in [2.45, 2.75) is 20.8 Å². The van der Waals surface area contributed by atoms with Crippen LogP contribution >= 0.6 is 11.3 Å². The third kappa shape index (κ3) is 4.46. The molecule has 6 heteroatoms. The molecule has 0 radical (unpaired) electrons. The number of anilines is 3. The SMILES string of the molecule is CC(C)(C)C(=O)Nc1cccc(-c2csc(Nc3ccc(F)cc3)n2)c1. The van der Waals surface area contributed by atoms with Crippen LogP contribution in [0, 0.1) is 11.2 Å². The van der Waals surface area contributed by atoms with E-state index >= 15 is 0 Å². The van der Waals surface area contributed by atoms with Crippen LogP contribution in [0.1, 0.15) is 20.8 Å². The Balaban J connectivity index is 1.75. The van der Waals surface area contributed by atoms with E-state index in [4.69, 9.17) is 0 Å². The molecule has 1 heterocycles. The van der Waals surface area contributed by atoms with Crippen LogP contribution in [0.4, 0.5) is 20.9 Å². The van der Waals surface area contributed by atoms with Gasteiger partial charge in [-0.2, -0.15) is 0 Å². The summed E-state index contributed by atoms with van der Waals surface area (Å²) in [6.07, 6.45) is 0. The lowest BCUT2D eigenvalue weighted by molar-refractivity contribution is -0.123. The van der Waals surface area contributed by atoms with E-state index in [0.29, 0.717) is 0 Å². The van der Waals surface area contributed by atoms with Crippen molar-refractivity contribution in [3.8, 4) is 11.3 Å². The summed E-state index contributed by atoms with van der Waals surface area (Å²) in [5.74, 6) is -0.309. The molecule has 0 aliphatic carbocycles. The second kappa shape index (κ2) is 7.25. The molecule has 4 nitrogen and oxygen atoms in total. The number of aromatic nitrogens is 1. The van der Waals surface area contributed by atoms with E-state index in [1.165, 1.54) is 23.5 Å². The van der Waals surface area contributed by atoms with Crippen LogP contribution in [-0.4, -0.2) is 10.9 Å². The highest BCUT2D eigenvalue weighted by atomic mass is 32.1. The molecule has 0 fully saturated rings. The first-order valence-corrected chi connectivity index (χ1v) is 9.09. The van der Waals surface area contributed by atoms with Gasteiger partial charge in [-0.15, -0.1) is 11.3 Å². The Hall–Kier alpha value is -2.73. The van der Waals surface area contributed by atoms with E-state index in [-0.39, 0.29) is 11.7 Å². The number of nitrogens with one attached hydrogen (secondary N) is 2. The maximum Gasteiger partial charge on any atom is 0.229 e. The fraction of sp³-hybridized carbons (Fsp3) is 0.200. The maximum absolute atomic E-state index is 13.0. The third-order valence-electron chi connectivity index (χ3n) is 3.70. The minimum atomic E-state index is -0.455. The van der Waals surface area contributed by atoms with Crippen molar-refractivity contribution in [1.29, 1.82) is 0 Å². The fourth-order valence-corrected chi connectivity index (χ4v) is 2.94. The zero-order chi connectivity index (χ0) is 18.7. The van der Waals surface area contributed by atoms with Crippen LogP contribution in [0.3, 0.4) is 0 Å². The number of thiazole rings is 1. The van der Waals surface area contributed by atoms with Crippen molar-refractivity contribution in [3.05, 3.63) is 59.7 Å². The van der Waals surface area contributed by atoms with Gasteiger partial charge in [0.1, 0.15) is 5.82 Å². The van der Waals surface area contributed by atoms with Gasteiger partial charge in [0.05, 0.1) is 5.69 Å². The molecular formula is C20H20FN3OS. The number of hydrogen-bond acceptors (Lipinski definition) is 4. The Morgan fingerprint density at radius 2 is 1.81 bits per heavy atom. The zero-order valence-electron chi connectivity index (χ0n) is 14.8. The second-order valence-electron chi connectivity index (χ2n) is 6.95. The van der Waals surface area contributed by atoms with E-state index in [2.05, 4.69) is 15.6 Å². The molecule has 0 spiro atoms. The largest absolute Gasteiger partial charge is 0.332 e. The molecule has 134 valence electrons. The molecule has 3 rings (SSSR count). The molecule has 26 heavy (non-hydrogen) atoms. The van der Waals surface area contributed by atoms with Crippen molar-refractivity contribution in [3.63, 3.8) is 0 Å². The Labute approximate surface area is 156 Å². The summed E-state index contributed by atoms with van der Waals surface area (Å²) in [7, 11) is 0. The number of carbonyl (C=O) groups excluding carboxylic acids is 1. The summed E-state index contributed by atoms with van der Waals surface area (Å²) in [6.45, 7) is 5.63. The normalized spacial score (nSPS) is 11.2. The van der Waals surface area contributed by atoms with E-state index in [1.54, 1.807) is 12.1 Å². The molecule has 0 aliphatic rings. The highest BCUT2D eigenvalue weighted by Crippen LogP contribution is 2.29. The Kier molecular flexibility index (Phi) is 5.04. The second-order valence-corrected chi connectivity index (χ2v) is 7.81. The van der Waals surface area contributed by atoms with Crippen LogP contribution in [0.15, 0.2) is 53.9 Å². The van der Waals surface area contributed by atoms with Gasteiger partial charge in [0.15, 0.2) is 5.13 Å². The van der Waals surface area contributed by atoms with E-state index in [9.17, 15) is 9.18 Å². The Morgan fingerprint density at radius 1 is 1.08 bits per heavy atom. The quantitative estimate of drug-likeness (QED) is 0.622. The van der Waals surface area contributed by atoms with Crippen molar-refractivity contribution < 1.29 is 9.18 Å². The first-order valence-electron chi connectivity index (χ1n) is 8.21. The molecule has 2 N–H and O–H groups in total. The van der Waals surface area contributed by atoms with E-state index in [0.717, 1.165) is 27.8 Å². The fourth-order valence-electron chi connectivity index (χ4n) is 2.20. The minimum absolute atomic E-state index is 0.0356.